The molecule has 3 atom stereocenters. The van der Waals surface area contributed by atoms with E-state index in [1.165, 1.54) is 0 Å². The van der Waals surface area contributed by atoms with Gasteiger partial charge in [-0.1, -0.05) is 0 Å². The third-order valence-corrected chi connectivity index (χ3v) is 2.33. The first kappa shape index (κ1) is 6.16. The Hall–Kier alpha value is -0.570. The predicted molar refractivity (Wildman–Crippen MR) is 33.4 cm³/mol. The zero-order valence-electron chi connectivity index (χ0n) is 5.87. The smallest absolute Gasteiger partial charge is 0.312 e. The van der Waals surface area contributed by atoms with Crippen LogP contribution in [-0.4, -0.2) is 25.3 Å². The van der Waals surface area contributed by atoms with E-state index >= 15 is 0 Å². The van der Waals surface area contributed by atoms with Gasteiger partial charge in [0.25, 0.3) is 0 Å². The lowest BCUT2D eigenvalue weighted by atomic mass is 9.95. The number of hydrogen-bond acceptors (Lipinski definition) is 3. The highest BCUT2D eigenvalue weighted by atomic mass is 16.6. The Morgan fingerprint density at radius 1 is 1.50 bits per heavy atom. The Bertz CT molecular complexity index is 166. The highest BCUT2D eigenvalue weighted by Crippen LogP contribution is 2.32. The van der Waals surface area contributed by atoms with Crippen LogP contribution < -0.4 is 0 Å². The van der Waals surface area contributed by atoms with Crippen molar-refractivity contribution in [2.24, 2.45) is 11.8 Å². The predicted octanol–water partition coefficient (Wildman–Crippen LogP) is 0.194. The van der Waals surface area contributed by atoms with Crippen molar-refractivity contribution in [3.8, 4) is 0 Å². The number of ether oxygens (including phenoxy) is 2. The zero-order chi connectivity index (χ0) is 7.14. The van der Waals surface area contributed by atoms with Crippen LogP contribution in [-0.2, 0) is 14.3 Å². The summed E-state index contributed by atoms with van der Waals surface area (Å²) in [6.07, 6.45) is 0.0694. The van der Waals surface area contributed by atoms with Crippen LogP contribution in [0.2, 0.25) is 0 Å². The Morgan fingerprint density at radius 3 is 3.00 bits per heavy atom. The second kappa shape index (κ2) is 1.95. The van der Waals surface area contributed by atoms with Crippen LogP contribution in [0, 0.1) is 11.8 Å². The average molecular weight is 142 g/mol. The van der Waals surface area contributed by atoms with Crippen LogP contribution >= 0.6 is 0 Å². The molecule has 2 rings (SSSR count). The minimum Gasteiger partial charge on any atom is -0.462 e. The van der Waals surface area contributed by atoms with Crippen LogP contribution in [0.15, 0.2) is 0 Å². The molecule has 0 unspecified atom stereocenters. The molecule has 3 heteroatoms. The van der Waals surface area contributed by atoms with Gasteiger partial charge in [-0.3, -0.25) is 4.79 Å². The van der Waals surface area contributed by atoms with Gasteiger partial charge in [-0.2, -0.15) is 0 Å². The zero-order valence-corrected chi connectivity index (χ0v) is 5.87. The molecule has 0 amide bonds. The van der Waals surface area contributed by atoms with E-state index in [-0.39, 0.29) is 18.0 Å². The first-order valence-corrected chi connectivity index (χ1v) is 3.57. The summed E-state index contributed by atoms with van der Waals surface area (Å²) in [5, 5.41) is 0. The standard InChI is InChI=1S/C7H10O3/c1-4-5-2-9-3-6(5)7(8)10-4/h4-6H,2-3H2,1H3/t4-,5+,6+/m0/s1. The van der Waals surface area contributed by atoms with Gasteiger partial charge in [0.15, 0.2) is 0 Å². The van der Waals surface area contributed by atoms with E-state index in [0.717, 1.165) is 0 Å². The number of carbonyl (C=O) groups excluding carboxylic acids is 1. The maximum Gasteiger partial charge on any atom is 0.312 e. The van der Waals surface area contributed by atoms with Gasteiger partial charge in [-0.05, 0) is 6.92 Å². The molecule has 0 bridgehead atoms. The van der Waals surface area contributed by atoms with E-state index in [1.807, 2.05) is 6.92 Å². The Labute approximate surface area is 59.3 Å². The molecular formula is C7H10O3. The van der Waals surface area contributed by atoms with Gasteiger partial charge in [0.05, 0.1) is 19.1 Å². The van der Waals surface area contributed by atoms with E-state index in [0.29, 0.717) is 19.1 Å². The summed E-state index contributed by atoms with van der Waals surface area (Å²) in [7, 11) is 0. The van der Waals surface area contributed by atoms with E-state index in [9.17, 15) is 4.79 Å². The number of fused-ring (bicyclic) bond motifs is 1. The summed E-state index contributed by atoms with van der Waals surface area (Å²) in [6.45, 7) is 3.18. The topological polar surface area (TPSA) is 35.5 Å². The van der Waals surface area contributed by atoms with Gasteiger partial charge >= 0.3 is 5.97 Å². The molecule has 2 aliphatic heterocycles. The molecule has 0 spiro atoms. The van der Waals surface area contributed by atoms with Crippen molar-refractivity contribution >= 4 is 5.97 Å². The summed E-state index contributed by atoms with van der Waals surface area (Å²) >= 11 is 0. The molecule has 2 heterocycles. The fourth-order valence-electron chi connectivity index (χ4n) is 1.63. The lowest BCUT2D eigenvalue weighted by molar-refractivity contribution is -0.145. The molecule has 56 valence electrons. The monoisotopic (exact) mass is 142 g/mol. The molecule has 10 heavy (non-hydrogen) atoms. The Morgan fingerprint density at radius 2 is 2.30 bits per heavy atom. The first-order valence-electron chi connectivity index (χ1n) is 3.57. The molecule has 2 fully saturated rings. The summed E-state index contributed by atoms with van der Waals surface area (Å²) in [4.78, 5) is 11.0. The third-order valence-electron chi connectivity index (χ3n) is 2.33. The number of rotatable bonds is 0. The lowest BCUT2D eigenvalue weighted by Gasteiger charge is -2.06. The van der Waals surface area contributed by atoms with Crippen LogP contribution in [0.5, 0.6) is 0 Å². The van der Waals surface area contributed by atoms with Crippen molar-refractivity contribution in [2.45, 2.75) is 13.0 Å². The lowest BCUT2D eigenvalue weighted by Crippen LogP contribution is -2.16. The summed E-state index contributed by atoms with van der Waals surface area (Å²) in [5.41, 5.74) is 0. The summed E-state index contributed by atoms with van der Waals surface area (Å²) in [5.74, 6) is 0.289. The molecule has 0 aromatic rings. The molecule has 0 aromatic heterocycles. The van der Waals surface area contributed by atoms with Crippen molar-refractivity contribution in [3.63, 3.8) is 0 Å². The van der Waals surface area contributed by atoms with Crippen molar-refractivity contribution in [2.75, 3.05) is 13.2 Å². The van der Waals surface area contributed by atoms with Gasteiger partial charge in [-0.25, -0.2) is 0 Å². The number of esters is 1. The number of hydrogen-bond donors (Lipinski definition) is 0. The van der Waals surface area contributed by atoms with Gasteiger partial charge < -0.3 is 9.47 Å². The molecule has 0 radical (unpaired) electrons. The number of carbonyl (C=O) groups is 1. The largest absolute Gasteiger partial charge is 0.462 e. The van der Waals surface area contributed by atoms with Gasteiger partial charge in [0.2, 0.25) is 0 Å². The minimum atomic E-state index is -0.0741. The van der Waals surface area contributed by atoms with E-state index in [1.54, 1.807) is 0 Å². The molecule has 0 N–H and O–H groups in total. The fraction of sp³-hybridized carbons (Fsp3) is 0.857. The normalized spacial score (nSPS) is 45.3. The second-order valence-corrected chi connectivity index (χ2v) is 2.95. The maximum absolute atomic E-state index is 11.0. The summed E-state index contributed by atoms with van der Waals surface area (Å²) < 4.78 is 10.2. The first-order chi connectivity index (χ1) is 4.79. The third kappa shape index (κ3) is 0.669. The molecule has 2 saturated heterocycles. The SMILES string of the molecule is C[C@@H]1OC(=O)[C@@H]2COC[C@H]12. The molecular weight excluding hydrogens is 132 g/mol. The quantitative estimate of drug-likeness (QED) is 0.453. The Balaban J connectivity index is 2.19. The highest BCUT2D eigenvalue weighted by Gasteiger charge is 2.45. The van der Waals surface area contributed by atoms with E-state index in [2.05, 4.69) is 0 Å². The van der Waals surface area contributed by atoms with Gasteiger partial charge in [-0.15, -0.1) is 0 Å². The van der Waals surface area contributed by atoms with Gasteiger partial charge in [0.1, 0.15) is 6.10 Å². The number of cyclic esters (lactones) is 1. The van der Waals surface area contributed by atoms with Crippen molar-refractivity contribution < 1.29 is 14.3 Å². The maximum atomic E-state index is 11.0. The second-order valence-electron chi connectivity index (χ2n) is 2.95. The van der Waals surface area contributed by atoms with Crippen LogP contribution in [0.3, 0.4) is 0 Å². The van der Waals surface area contributed by atoms with Gasteiger partial charge in [0, 0.05) is 5.92 Å². The fourth-order valence-corrected chi connectivity index (χ4v) is 1.63. The Kier molecular flexibility index (Phi) is 1.20. The minimum absolute atomic E-state index is 0.0370. The highest BCUT2D eigenvalue weighted by molar-refractivity contribution is 5.75. The van der Waals surface area contributed by atoms with Crippen molar-refractivity contribution in [1.82, 2.24) is 0 Å². The van der Waals surface area contributed by atoms with Crippen LogP contribution in [0.4, 0.5) is 0 Å². The molecule has 2 aliphatic rings. The molecule has 0 aliphatic carbocycles. The summed E-state index contributed by atoms with van der Waals surface area (Å²) in [6, 6.07) is 0. The van der Waals surface area contributed by atoms with Crippen LogP contribution in [0.1, 0.15) is 6.92 Å². The van der Waals surface area contributed by atoms with E-state index < -0.39 is 0 Å². The molecule has 0 saturated carbocycles. The average Bonchev–Trinajstić information content (AvgIpc) is 2.39. The van der Waals surface area contributed by atoms with E-state index in [4.69, 9.17) is 9.47 Å². The van der Waals surface area contributed by atoms with Crippen molar-refractivity contribution in [3.05, 3.63) is 0 Å². The van der Waals surface area contributed by atoms with Crippen LogP contribution in [0.25, 0.3) is 0 Å². The molecule has 3 nitrogen and oxygen atoms in total. The van der Waals surface area contributed by atoms with Crippen molar-refractivity contribution in [1.29, 1.82) is 0 Å². The molecule has 0 aromatic carbocycles.